The highest BCUT2D eigenvalue weighted by Gasteiger charge is 2.27. The van der Waals surface area contributed by atoms with Crippen LogP contribution >= 0.6 is 27.3 Å². The van der Waals surface area contributed by atoms with Crippen molar-refractivity contribution in [3.63, 3.8) is 0 Å². The van der Waals surface area contributed by atoms with E-state index >= 15 is 0 Å². The Morgan fingerprint density at radius 2 is 1.74 bits per heavy atom. The van der Waals surface area contributed by atoms with Crippen molar-refractivity contribution in [2.45, 2.75) is 38.3 Å². The monoisotopic (exact) mass is 606 g/mol. The molecule has 4 aromatic rings. The molecule has 3 aromatic heterocycles. The fraction of sp³-hybridized carbons (Fsp3) is 0.483. The van der Waals surface area contributed by atoms with Crippen LogP contribution in [0.2, 0.25) is 0 Å². The molecule has 10 heteroatoms. The molecule has 8 nitrogen and oxygen atoms in total. The number of nitrogens with zero attached hydrogens (tertiary/aromatic N) is 6. The molecule has 2 saturated heterocycles. The molecule has 2 N–H and O–H groups in total. The van der Waals surface area contributed by atoms with Crippen molar-refractivity contribution in [1.29, 1.82) is 0 Å². The van der Waals surface area contributed by atoms with Crippen LogP contribution in [0.15, 0.2) is 46.5 Å². The van der Waals surface area contributed by atoms with Crippen LogP contribution in [0.25, 0.3) is 22.6 Å². The predicted octanol–water partition coefficient (Wildman–Crippen LogP) is 5.45. The Labute approximate surface area is 242 Å². The lowest BCUT2D eigenvalue weighted by Crippen LogP contribution is -2.45. The van der Waals surface area contributed by atoms with Gasteiger partial charge >= 0.3 is 0 Å². The summed E-state index contributed by atoms with van der Waals surface area (Å²) in [4.78, 5) is 25.1. The van der Waals surface area contributed by atoms with Gasteiger partial charge in [-0.2, -0.15) is 0 Å². The third-order valence-electron chi connectivity index (χ3n) is 8.34. The highest BCUT2D eigenvalue weighted by atomic mass is 79.9. The average molecular weight is 608 g/mol. The molecule has 0 spiro atoms. The summed E-state index contributed by atoms with van der Waals surface area (Å²) < 4.78 is 0.970. The SMILES string of the molecule is Brc1cnc2[nH]c(-c3ccc(N4CCN(Cc5nccs5)CC4)cc3)nc2c1NC1CCN(CC2CC2)CC1. The first-order valence-electron chi connectivity index (χ1n) is 14.2. The van der Waals surface area contributed by atoms with Gasteiger partial charge in [0.25, 0.3) is 0 Å². The van der Waals surface area contributed by atoms with Crippen LogP contribution in [0.1, 0.15) is 30.7 Å². The van der Waals surface area contributed by atoms with Crippen molar-refractivity contribution < 1.29 is 0 Å². The largest absolute Gasteiger partial charge is 0.379 e. The molecule has 1 aliphatic carbocycles. The number of aromatic amines is 1. The first kappa shape index (κ1) is 25.4. The van der Waals surface area contributed by atoms with Gasteiger partial charge in [0.15, 0.2) is 5.65 Å². The number of aromatic nitrogens is 4. The summed E-state index contributed by atoms with van der Waals surface area (Å²) in [5.74, 6) is 1.82. The first-order chi connectivity index (χ1) is 19.2. The highest BCUT2D eigenvalue weighted by molar-refractivity contribution is 9.10. The van der Waals surface area contributed by atoms with Gasteiger partial charge in [-0.1, -0.05) is 0 Å². The molecule has 1 saturated carbocycles. The van der Waals surface area contributed by atoms with Crippen molar-refractivity contribution in [2.75, 3.05) is 56.0 Å². The van der Waals surface area contributed by atoms with E-state index in [0.717, 1.165) is 71.4 Å². The topological polar surface area (TPSA) is 76.2 Å². The minimum absolute atomic E-state index is 0.462. The number of nitrogens with one attached hydrogen (secondary N) is 2. The van der Waals surface area contributed by atoms with Gasteiger partial charge < -0.3 is 20.1 Å². The van der Waals surface area contributed by atoms with E-state index in [1.807, 2.05) is 12.4 Å². The van der Waals surface area contributed by atoms with Crippen LogP contribution in [0.4, 0.5) is 11.4 Å². The van der Waals surface area contributed by atoms with Crippen LogP contribution in [-0.4, -0.2) is 81.6 Å². The summed E-state index contributed by atoms with van der Waals surface area (Å²) in [5.41, 5.74) is 5.12. The molecule has 0 atom stereocenters. The smallest absolute Gasteiger partial charge is 0.159 e. The number of hydrogen-bond donors (Lipinski definition) is 2. The molecular weight excluding hydrogens is 572 g/mol. The van der Waals surface area contributed by atoms with Crippen molar-refractivity contribution in [3.05, 3.63) is 51.5 Å². The van der Waals surface area contributed by atoms with E-state index in [-0.39, 0.29) is 0 Å². The van der Waals surface area contributed by atoms with Gasteiger partial charge in [0, 0.05) is 80.9 Å². The summed E-state index contributed by atoms with van der Waals surface area (Å²) >= 11 is 5.48. The number of pyridine rings is 1. The zero-order valence-corrected chi connectivity index (χ0v) is 24.6. The fourth-order valence-corrected chi connectivity index (χ4v) is 6.91. The fourth-order valence-electron chi connectivity index (χ4n) is 5.85. The van der Waals surface area contributed by atoms with Crippen molar-refractivity contribution >= 4 is 49.8 Å². The van der Waals surface area contributed by atoms with E-state index in [2.05, 4.69) is 80.5 Å². The number of halogens is 1. The van der Waals surface area contributed by atoms with Crippen LogP contribution in [0.3, 0.4) is 0 Å². The highest BCUT2D eigenvalue weighted by Crippen LogP contribution is 2.34. The van der Waals surface area contributed by atoms with E-state index in [4.69, 9.17) is 4.98 Å². The first-order valence-corrected chi connectivity index (χ1v) is 15.8. The maximum Gasteiger partial charge on any atom is 0.159 e. The van der Waals surface area contributed by atoms with E-state index in [0.29, 0.717) is 6.04 Å². The maximum atomic E-state index is 5.01. The van der Waals surface area contributed by atoms with Gasteiger partial charge in [-0.25, -0.2) is 15.0 Å². The summed E-state index contributed by atoms with van der Waals surface area (Å²) in [6.45, 7) is 8.78. The number of rotatable bonds is 8. The molecule has 7 rings (SSSR count). The van der Waals surface area contributed by atoms with Gasteiger partial charge in [-0.15, -0.1) is 11.3 Å². The minimum atomic E-state index is 0.462. The van der Waals surface area contributed by atoms with Gasteiger partial charge in [0.05, 0.1) is 16.7 Å². The second-order valence-electron chi connectivity index (χ2n) is 11.2. The zero-order valence-electron chi connectivity index (χ0n) is 22.2. The summed E-state index contributed by atoms with van der Waals surface area (Å²) in [6.07, 6.45) is 8.96. The number of hydrogen-bond acceptors (Lipinski definition) is 8. The molecule has 3 fully saturated rings. The van der Waals surface area contributed by atoms with Crippen molar-refractivity contribution in [1.82, 2.24) is 29.7 Å². The molecule has 3 aliphatic rings. The molecule has 0 bridgehead atoms. The van der Waals surface area contributed by atoms with Gasteiger partial charge in [-0.3, -0.25) is 4.90 Å². The number of likely N-dealkylation sites (tertiary alicyclic amines) is 1. The number of piperazine rings is 1. The number of anilines is 2. The second-order valence-corrected chi connectivity index (χ2v) is 13.0. The molecule has 0 unspecified atom stereocenters. The Bertz CT molecular complexity index is 1380. The Kier molecular flexibility index (Phi) is 7.28. The zero-order chi connectivity index (χ0) is 26.2. The maximum absolute atomic E-state index is 5.01. The number of H-pyrrole nitrogens is 1. The normalized spacial score (nSPS) is 19.7. The van der Waals surface area contributed by atoms with Crippen molar-refractivity contribution in [2.24, 2.45) is 5.92 Å². The lowest BCUT2D eigenvalue weighted by molar-refractivity contribution is 0.211. The molecule has 0 radical (unpaired) electrons. The number of benzene rings is 1. The molecule has 2 aliphatic heterocycles. The van der Waals surface area contributed by atoms with E-state index < -0.39 is 0 Å². The van der Waals surface area contributed by atoms with E-state index in [1.54, 1.807) is 11.3 Å². The summed E-state index contributed by atoms with van der Waals surface area (Å²) in [6, 6.07) is 9.25. The Hall–Kier alpha value is -2.53. The molecule has 5 heterocycles. The van der Waals surface area contributed by atoms with Crippen molar-refractivity contribution in [3.8, 4) is 11.4 Å². The quantitative estimate of drug-likeness (QED) is 0.276. The van der Waals surface area contributed by atoms with E-state index in [1.165, 1.54) is 56.0 Å². The average Bonchev–Trinajstić information content (AvgIpc) is 3.43. The predicted molar refractivity (Wildman–Crippen MR) is 162 cm³/mol. The Morgan fingerprint density at radius 1 is 0.949 bits per heavy atom. The van der Waals surface area contributed by atoms with Crippen LogP contribution in [0.5, 0.6) is 0 Å². The van der Waals surface area contributed by atoms with Crippen LogP contribution in [-0.2, 0) is 6.54 Å². The lowest BCUT2D eigenvalue weighted by atomic mass is 10.0. The number of piperidine rings is 1. The van der Waals surface area contributed by atoms with Crippen LogP contribution < -0.4 is 10.2 Å². The Balaban J connectivity index is 1.01. The lowest BCUT2D eigenvalue weighted by Gasteiger charge is -2.35. The molecule has 1 aromatic carbocycles. The number of thiazole rings is 1. The van der Waals surface area contributed by atoms with Gasteiger partial charge in [0.1, 0.15) is 16.3 Å². The second kappa shape index (κ2) is 11.2. The number of fused-ring (bicyclic) bond motifs is 1. The third kappa shape index (κ3) is 5.84. The molecule has 0 amide bonds. The standard InChI is InChI=1S/C29H35BrN8S/c30-24-17-32-29-27(26(24)33-22-7-10-36(11-8-22)18-20-1-2-20)34-28(35-29)21-3-5-23(6-4-21)38-14-12-37(13-15-38)19-25-31-9-16-39-25/h3-6,9,16-17,20,22H,1-2,7-8,10-15,18-19H2,(H2,32,33,34,35). The minimum Gasteiger partial charge on any atom is -0.379 e. The molecule has 39 heavy (non-hydrogen) atoms. The van der Waals surface area contributed by atoms with Gasteiger partial charge in [0.2, 0.25) is 0 Å². The molecular formula is C29H35BrN8S. The van der Waals surface area contributed by atoms with E-state index in [9.17, 15) is 0 Å². The number of imidazole rings is 1. The Morgan fingerprint density at radius 3 is 2.46 bits per heavy atom. The van der Waals surface area contributed by atoms with Gasteiger partial charge in [-0.05, 0) is 71.8 Å². The summed E-state index contributed by atoms with van der Waals surface area (Å²) in [5, 5.41) is 7.06. The summed E-state index contributed by atoms with van der Waals surface area (Å²) in [7, 11) is 0. The molecule has 204 valence electrons. The van der Waals surface area contributed by atoms with Crippen LogP contribution in [0, 0.1) is 5.92 Å². The third-order valence-corrected chi connectivity index (χ3v) is 9.70.